The van der Waals surface area contributed by atoms with Crippen molar-refractivity contribution in [2.75, 3.05) is 13.7 Å². The largest absolute Gasteiger partial charge is 0.468 e. The van der Waals surface area contributed by atoms with Crippen LogP contribution in [0.5, 0.6) is 0 Å². The van der Waals surface area contributed by atoms with E-state index in [9.17, 15) is 4.79 Å². The van der Waals surface area contributed by atoms with Crippen molar-refractivity contribution in [2.45, 2.75) is 13.1 Å². The molecule has 1 heterocycles. The summed E-state index contributed by atoms with van der Waals surface area (Å²) in [6.07, 6.45) is 2.01. The van der Waals surface area contributed by atoms with E-state index in [0.717, 1.165) is 6.54 Å². The number of aryl methyl sites for hydroxylation is 1. The Morgan fingerprint density at radius 1 is 1.15 bits per heavy atom. The number of esters is 1. The third-order valence-corrected chi connectivity index (χ3v) is 3.27. The molecule has 0 N–H and O–H groups in total. The van der Waals surface area contributed by atoms with Gasteiger partial charge in [-0.05, 0) is 17.7 Å². The van der Waals surface area contributed by atoms with Gasteiger partial charge in [0.1, 0.15) is 0 Å². The Balaban J connectivity index is 2.08. The number of nitrogens with zero attached hydrogens (tertiary/aromatic N) is 2. The molecule has 0 aliphatic rings. The summed E-state index contributed by atoms with van der Waals surface area (Å²) in [6.45, 7) is 1.73. The zero-order chi connectivity index (χ0) is 14.4. The van der Waals surface area contributed by atoms with Gasteiger partial charge in [-0.1, -0.05) is 30.3 Å². The molecule has 0 saturated heterocycles. The standard InChI is InChI=1S/C16H20N2O2/c1-17-10-6-9-15(17)12-18(13-16(19)20-2)11-14-7-4-3-5-8-14/h3-10H,11-13H2,1-2H3. The monoisotopic (exact) mass is 272 g/mol. The lowest BCUT2D eigenvalue weighted by Crippen LogP contribution is -2.30. The first-order chi connectivity index (χ1) is 9.69. The van der Waals surface area contributed by atoms with E-state index in [1.165, 1.54) is 18.4 Å². The molecule has 0 unspecified atom stereocenters. The quantitative estimate of drug-likeness (QED) is 0.756. The van der Waals surface area contributed by atoms with Crippen LogP contribution in [-0.4, -0.2) is 29.1 Å². The lowest BCUT2D eigenvalue weighted by molar-refractivity contribution is -0.142. The van der Waals surface area contributed by atoms with Gasteiger partial charge in [-0.3, -0.25) is 9.69 Å². The zero-order valence-electron chi connectivity index (χ0n) is 12.0. The van der Waals surface area contributed by atoms with Crippen molar-refractivity contribution in [3.63, 3.8) is 0 Å². The Morgan fingerprint density at radius 2 is 1.90 bits per heavy atom. The molecule has 0 spiro atoms. The molecule has 0 bridgehead atoms. The number of carbonyl (C=O) groups excluding carboxylic acids is 1. The fourth-order valence-electron chi connectivity index (χ4n) is 2.15. The highest BCUT2D eigenvalue weighted by Crippen LogP contribution is 2.10. The molecule has 0 aliphatic heterocycles. The van der Waals surface area contributed by atoms with E-state index in [0.29, 0.717) is 6.54 Å². The SMILES string of the molecule is COC(=O)CN(Cc1ccccc1)Cc1cccn1C. The molecule has 0 atom stereocenters. The second-order valence-electron chi connectivity index (χ2n) is 4.82. The number of benzene rings is 1. The molecule has 0 aliphatic carbocycles. The third kappa shape index (κ3) is 3.96. The van der Waals surface area contributed by atoms with Crippen LogP contribution < -0.4 is 0 Å². The summed E-state index contributed by atoms with van der Waals surface area (Å²) in [4.78, 5) is 13.6. The molecular weight excluding hydrogens is 252 g/mol. The Hall–Kier alpha value is -2.07. The van der Waals surface area contributed by atoms with Crippen LogP contribution in [0.3, 0.4) is 0 Å². The van der Waals surface area contributed by atoms with E-state index in [4.69, 9.17) is 4.74 Å². The molecule has 4 heteroatoms. The van der Waals surface area contributed by atoms with Gasteiger partial charge in [0, 0.05) is 32.0 Å². The first-order valence-electron chi connectivity index (χ1n) is 6.62. The lowest BCUT2D eigenvalue weighted by Gasteiger charge is -2.21. The van der Waals surface area contributed by atoms with E-state index in [-0.39, 0.29) is 12.5 Å². The molecule has 106 valence electrons. The maximum Gasteiger partial charge on any atom is 0.319 e. The Kier molecular flexibility index (Phi) is 4.96. The van der Waals surface area contributed by atoms with E-state index in [1.54, 1.807) is 0 Å². The summed E-state index contributed by atoms with van der Waals surface area (Å²) >= 11 is 0. The van der Waals surface area contributed by atoms with Gasteiger partial charge in [-0.15, -0.1) is 0 Å². The fourth-order valence-corrected chi connectivity index (χ4v) is 2.15. The third-order valence-electron chi connectivity index (χ3n) is 3.27. The van der Waals surface area contributed by atoms with Crippen LogP contribution in [0.1, 0.15) is 11.3 Å². The summed E-state index contributed by atoms with van der Waals surface area (Å²) in [5.74, 6) is -0.213. The van der Waals surface area contributed by atoms with Crippen LogP contribution in [0, 0.1) is 0 Å². The van der Waals surface area contributed by atoms with E-state index in [1.807, 2.05) is 37.5 Å². The van der Waals surface area contributed by atoms with Crippen molar-refractivity contribution >= 4 is 5.97 Å². The molecule has 0 fully saturated rings. The minimum Gasteiger partial charge on any atom is -0.468 e. The summed E-state index contributed by atoms with van der Waals surface area (Å²) < 4.78 is 6.85. The van der Waals surface area contributed by atoms with Gasteiger partial charge < -0.3 is 9.30 Å². The molecule has 4 nitrogen and oxygen atoms in total. The number of ether oxygens (including phenoxy) is 1. The van der Waals surface area contributed by atoms with Crippen LogP contribution in [0.15, 0.2) is 48.7 Å². The van der Waals surface area contributed by atoms with Crippen molar-refractivity contribution in [3.8, 4) is 0 Å². The van der Waals surface area contributed by atoms with Crippen LogP contribution in [-0.2, 0) is 29.7 Å². The highest BCUT2D eigenvalue weighted by atomic mass is 16.5. The number of aromatic nitrogens is 1. The number of carbonyl (C=O) groups is 1. The molecule has 0 amide bonds. The van der Waals surface area contributed by atoms with Crippen LogP contribution >= 0.6 is 0 Å². The Bertz CT molecular complexity index is 549. The predicted octanol–water partition coefficient (Wildman–Crippen LogP) is 2.20. The highest BCUT2D eigenvalue weighted by molar-refractivity contribution is 5.71. The molecule has 2 aromatic rings. The van der Waals surface area contributed by atoms with Crippen LogP contribution in [0.25, 0.3) is 0 Å². The van der Waals surface area contributed by atoms with Crippen molar-refractivity contribution in [2.24, 2.45) is 7.05 Å². The molecule has 2 rings (SSSR count). The first kappa shape index (κ1) is 14.3. The Labute approximate surface area is 119 Å². The van der Waals surface area contributed by atoms with E-state index < -0.39 is 0 Å². The number of methoxy groups -OCH3 is 1. The fraction of sp³-hybridized carbons (Fsp3) is 0.312. The van der Waals surface area contributed by atoms with E-state index >= 15 is 0 Å². The van der Waals surface area contributed by atoms with Crippen molar-refractivity contribution in [1.29, 1.82) is 0 Å². The number of rotatable bonds is 6. The van der Waals surface area contributed by atoms with Crippen LogP contribution in [0.4, 0.5) is 0 Å². The van der Waals surface area contributed by atoms with Crippen molar-refractivity contribution < 1.29 is 9.53 Å². The van der Waals surface area contributed by atoms with E-state index in [2.05, 4.69) is 27.7 Å². The topological polar surface area (TPSA) is 34.5 Å². The smallest absolute Gasteiger partial charge is 0.319 e. The molecule has 1 aromatic carbocycles. The van der Waals surface area contributed by atoms with Crippen molar-refractivity contribution in [1.82, 2.24) is 9.47 Å². The minimum absolute atomic E-state index is 0.213. The molecule has 1 aromatic heterocycles. The average Bonchev–Trinajstić information content (AvgIpc) is 2.85. The summed E-state index contributed by atoms with van der Waals surface area (Å²) in [7, 11) is 3.43. The van der Waals surface area contributed by atoms with Crippen molar-refractivity contribution in [3.05, 3.63) is 59.9 Å². The number of hydrogen-bond acceptors (Lipinski definition) is 3. The summed E-state index contributed by atoms with van der Waals surface area (Å²) in [5.41, 5.74) is 2.36. The zero-order valence-corrected chi connectivity index (χ0v) is 12.0. The second-order valence-corrected chi connectivity index (χ2v) is 4.82. The maximum absolute atomic E-state index is 11.6. The molecule has 0 saturated carbocycles. The minimum atomic E-state index is -0.213. The van der Waals surface area contributed by atoms with Crippen LogP contribution in [0.2, 0.25) is 0 Å². The van der Waals surface area contributed by atoms with Gasteiger partial charge in [0.25, 0.3) is 0 Å². The summed E-state index contributed by atoms with van der Waals surface area (Å²) in [6, 6.07) is 14.2. The summed E-state index contributed by atoms with van der Waals surface area (Å²) in [5, 5.41) is 0. The molecule has 0 radical (unpaired) electrons. The normalized spacial score (nSPS) is 10.8. The molecule has 20 heavy (non-hydrogen) atoms. The van der Waals surface area contributed by atoms with Gasteiger partial charge in [0.05, 0.1) is 13.7 Å². The van der Waals surface area contributed by atoms with Gasteiger partial charge in [-0.25, -0.2) is 0 Å². The first-order valence-corrected chi connectivity index (χ1v) is 6.62. The number of hydrogen-bond donors (Lipinski definition) is 0. The highest BCUT2D eigenvalue weighted by Gasteiger charge is 2.13. The molecular formula is C16H20N2O2. The van der Waals surface area contributed by atoms with Gasteiger partial charge in [0.2, 0.25) is 0 Å². The Morgan fingerprint density at radius 3 is 2.50 bits per heavy atom. The van der Waals surface area contributed by atoms with Gasteiger partial charge in [-0.2, -0.15) is 0 Å². The van der Waals surface area contributed by atoms with Gasteiger partial charge in [0.15, 0.2) is 0 Å². The lowest BCUT2D eigenvalue weighted by atomic mass is 10.2. The van der Waals surface area contributed by atoms with Gasteiger partial charge >= 0.3 is 5.97 Å². The average molecular weight is 272 g/mol. The second kappa shape index (κ2) is 6.91. The maximum atomic E-state index is 11.6. The predicted molar refractivity (Wildman–Crippen MR) is 78.0 cm³/mol.